The topological polar surface area (TPSA) is 24.5 Å². The summed E-state index contributed by atoms with van der Waals surface area (Å²) in [5.74, 6) is 0.316. The highest BCUT2D eigenvalue weighted by Gasteiger charge is 2.34. The van der Waals surface area contributed by atoms with Crippen molar-refractivity contribution in [3.8, 4) is 0 Å². The van der Waals surface area contributed by atoms with Gasteiger partial charge in [0.25, 0.3) is 0 Å². The summed E-state index contributed by atoms with van der Waals surface area (Å²) in [6, 6.07) is 0.247. The van der Waals surface area contributed by atoms with Crippen LogP contribution >= 0.6 is 0 Å². The fourth-order valence-electron chi connectivity index (χ4n) is 2.15. The van der Waals surface area contributed by atoms with Gasteiger partial charge in [0.2, 0.25) is 0 Å². The maximum absolute atomic E-state index is 12.2. The highest BCUT2D eigenvalue weighted by molar-refractivity contribution is 4.79. The van der Waals surface area contributed by atoms with Crippen LogP contribution < -0.4 is 5.32 Å². The fourth-order valence-corrected chi connectivity index (χ4v) is 2.15. The van der Waals surface area contributed by atoms with Gasteiger partial charge in [-0.05, 0) is 32.4 Å². The monoisotopic (exact) mass is 254 g/mol. The molecule has 0 aromatic heterocycles. The number of hydrogen-bond donors (Lipinski definition) is 1. The van der Waals surface area contributed by atoms with Crippen LogP contribution in [0.5, 0.6) is 0 Å². The van der Waals surface area contributed by atoms with Gasteiger partial charge < -0.3 is 10.1 Å². The van der Waals surface area contributed by atoms with E-state index in [1.165, 1.54) is 4.90 Å². The normalized spacial score (nSPS) is 24.2. The highest BCUT2D eigenvalue weighted by Crippen LogP contribution is 2.22. The molecule has 1 heterocycles. The van der Waals surface area contributed by atoms with Crippen molar-refractivity contribution in [3.05, 3.63) is 0 Å². The zero-order chi connectivity index (χ0) is 12.9. The smallest absolute Gasteiger partial charge is 0.383 e. The second-order valence-electron chi connectivity index (χ2n) is 4.77. The van der Waals surface area contributed by atoms with E-state index in [9.17, 15) is 13.2 Å². The molecule has 2 unspecified atom stereocenters. The van der Waals surface area contributed by atoms with Crippen LogP contribution in [0.4, 0.5) is 13.2 Å². The second kappa shape index (κ2) is 6.56. The molecule has 1 rings (SSSR count). The standard InChI is InChI=1S/C11H21F3N2O/c1-9(7-17-2)15-5-10-3-4-16(6-10)8-11(12,13)14/h9-10,15H,3-8H2,1-2H3. The number of rotatable bonds is 6. The second-order valence-corrected chi connectivity index (χ2v) is 4.77. The van der Waals surface area contributed by atoms with Gasteiger partial charge >= 0.3 is 6.18 Å². The lowest BCUT2D eigenvalue weighted by atomic mass is 10.1. The first-order chi connectivity index (χ1) is 7.90. The molecule has 0 bridgehead atoms. The minimum Gasteiger partial charge on any atom is -0.383 e. The van der Waals surface area contributed by atoms with Gasteiger partial charge in [0.15, 0.2) is 0 Å². The van der Waals surface area contributed by atoms with E-state index in [0.717, 1.165) is 13.0 Å². The third-order valence-electron chi connectivity index (χ3n) is 2.94. The van der Waals surface area contributed by atoms with E-state index < -0.39 is 12.7 Å². The van der Waals surface area contributed by atoms with Crippen molar-refractivity contribution in [3.63, 3.8) is 0 Å². The van der Waals surface area contributed by atoms with Crippen molar-refractivity contribution in [2.45, 2.75) is 25.6 Å². The molecule has 0 aromatic carbocycles. The van der Waals surface area contributed by atoms with Crippen LogP contribution in [0.25, 0.3) is 0 Å². The van der Waals surface area contributed by atoms with Crippen molar-refractivity contribution in [2.24, 2.45) is 5.92 Å². The summed E-state index contributed by atoms with van der Waals surface area (Å²) in [5.41, 5.74) is 0. The minimum absolute atomic E-state index is 0.247. The molecule has 6 heteroatoms. The molecule has 1 aliphatic heterocycles. The number of halogens is 3. The Labute approximate surface area is 100 Å². The van der Waals surface area contributed by atoms with E-state index in [4.69, 9.17) is 4.74 Å². The molecule has 0 spiro atoms. The van der Waals surface area contributed by atoms with E-state index in [0.29, 0.717) is 25.6 Å². The SMILES string of the molecule is COCC(C)NCC1CCN(CC(F)(F)F)C1. The molecule has 1 fully saturated rings. The Morgan fingerprint density at radius 1 is 1.47 bits per heavy atom. The Hall–Kier alpha value is -0.330. The quantitative estimate of drug-likeness (QED) is 0.777. The lowest BCUT2D eigenvalue weighted by Gasteiger charge is -2.19. The van der Waals surface area contributed by atoms with Gasteiger partial charge in [0.1, 0.15) is 0 Å². The predicted molar refractivity (Wildman–Crippen MR) is 59.9 cm³/mol. The first-order valence-corrected chi connectivity index (χ1v) is 5.92. The van der Waals surface area contributed by atoms with Crippen molar-refractivity contribution < 1.29 is 17.9 Å². The van der Waals surface area contributed by atoms with Crippen LogP contribution in [-0.4, -0.2) is 57.0 Å². The number of likely N-dealkylation sites (tertiary alicyclic amines) is 1. The molecular formula is C11H21F3N2O. The van der Waals surface area contributed by atoms with E-state index in [1.54, 1.807) is 7.11 Å². The number of alkyl halides is 3. The van der Waals surface area contributed by atoms with E-state index in [1.807, 2.05) is 6.92 Å². The number of nitrogens with zero attached hydrogens (tertiary/aromatic N) is 1. The van der Waals surface area contributed by atoms with Crippen molar-refractivity contribution in [1.82, 2.24) is 10.2 Å². The van der Waals surface area contributed by atoms with Gasteiger partial charge in [0, 0.05) is 19.7 Å². The van der Waals surface area contributed by atoms with Gasteiger partial charge in [-0.3, -0.25) is 4.90 Å². The van der Waals surface area contributed by atoms with E-state index >= 15 is 0 Å². The predicted octanol–water partition coefficient (Wildman–Crippen LogP) is 1.50. The van der Waals surface area contributed by atoms with Crippen LogP contribution in [0.1, 0.15) is 13.3 Å². The zero-order valence-corrected chi connectivity index (χ0v) is 10.4. The summed E-state index contributed by atoms with van der Waals surface area (Å²) in [5, 5.41) is 3.28. The number of ether oxygens (including phenoxy) is 1. The van der Waals surface area contributed by atoms with Crippen molar-refractivity contribution in [2.75, 3.05) is 39.9 Å². The van der Waals surface area contributed by atoms with Crippen molar-refractivity contribution >= 4 is 0 Å². The fraction of sp³-hybridized carbons (Fsp3) is 1.00. The average molecular weight is 254 g/mol. The molecule has 0 saturated carbocycles. The van der Waals surface area contributed by atoms with Gasteiger partial charge in [-0.25, -0.2) is 0 Å². The lowest BCUT2D eigenvalue weighted by Crippen LogP contribution is -2.36. The zero-order valence-electron chi connectivity index (χ0n) is 10.4. The van der Waals surface area contributed by atoms with Gasteiger partial charge in [0.05, 0.1) is 13.2 Å². The Bertz CT molecular complexity index is 223. The van der Waals surface area contributed by atoms with Crippen molar-refractivity contribution in [1.29, 1.82) is 0 Å². The summed E-state index contributed by atoms with van der Waals surface area (Å²) in [4.78, 5) is 1.48. The summed E-state index contributed by atoms with van der Waals surface area (Å²) < 4.78 is 41.5. The lowest BCUT2D eigenvalue weighted by molar-refractivity contribution is -0.143. The molecule has 2 atom stereocenters. The highest BCUT2D eigenvalue weighted by atomic mass is 19.4. The van der Waals surface area contributed by atoms with Crippen LogP contribution in [0, 0.1) is 5.92 Å². The average Bonchev–Trinajstić information content (AvgIpc) is 2.60. The van der Waals surface area contributed by atoms with Gasteiger partial charge in [-0.15, -0.1) is 0 Å². The summed E-state index contributed by atoms with van der Waals surface area (Å²) >= 11 is 0. The first kappa shape index (κ1) is 14.7. The maximum atomic E-state index is 12.2. The molecule has 3 nitrogen and oxygen atoms in total. The summed E-state index contributed by atoms with van der Waals surface area (Å²) in [7, 11) is 1.64. The molecule has 1 aliphatic rings. The molecule has 0 aromatic rings. The van der Waals surface area contributed by atoms with Crippen LogP contribution in [0.15, 0.2) is 0 Å². The van der Waals surface area contributed by atoms with E-state index in [2.05, 4.69) is 5.32 Å². The van der Waals surface area contributed by atoms with Gasteiger partial charge in [-0.1, -0.05) is 0 Å². The summed E-state index contributed by atoms with van der Waals surface area (Å²) in [6.07, 6.45) is -3.24. The van der Waals surface area contributed by atoms with Gasteiger partial charge in [-0.2, -0.15) is 13.2 Å². The number of methoxy groups -OCH3 is 1. The maximum Gasteiger partial charge on any atom is 0.401 e. The Kier molecular flexibility index (Phi) is 5.69. The Morgan fingerprint density at radius 2 is 2.18 bits per heavy atom. The Balaban J connectivity index is 2.17. The molecule has 0 radical (unpaired) electrons. The van der Waals surface area contributed by atoms with Crippen LogP contribution in [0.3, 0.4) is 0 Å². The number of hydrogen-bond acceptors (Lipinski definition) is 3. The molecule has 1 saturated heterocycles. The molecule has 0 amide bonds. The Morgan fingerprint density at radius 3 is 2.76 bits per heavy atom. The first-order valence-electron chi connectivity index (χ1n) is 5.92. The number of nitrogens with one attached hydrogen (secondary N) is 1. The molecule has 0 aliphatic carbocycles. The molecule has 17 heavy (non-hydrogen) atoms. The summed E-state index contributed by atoms with van der Waals surface area (Å²) in [6.45, 7) is 3.69. The molecule has 102 valence electrons. The van der Waals surface area contributed by atoms with E-state index in [-0.39, 0.29) is 6.04 Å². The van der Waals surface area contributed by atoms with Crippen LogP contribution in [0.2, 0.25) is 0 Å². The van der Waals surface area contributed by atoms with Crippen LogP contribution in [-0.2, 0) is 4.74 Å². The largest absolute Gasteiger partial charge is 0.401 e. The minimum atomic E-state index is -4.08. The molecule has 1 N–H and O–H groups in total. The molecular weight excluding hydrogens is 233 g/mol. The third-order valence-corrected chi connectivity index (χ3v) is 2.94. The third kappa shape index (κ3) is 6.24.